The van der Waals surface area contributed by atoms with Crippen molar-refractivity contribution in [3.8, 4) is 5.75 Å². The Morgan fingerprint density at radius 3 is 2.43 bits per heavy atom. The quantitative estimate of drug-likeness (QED) is 0.865. The lowest BCUT2D eigenvalue weighted by Crippen LogP contribution is -2.34. The molecule has 1 aliphatic rings. The zero-order chi connectivity index (χ0) is 16.2. The van der Waals surface area contributed by atoms with E-state index < -0.39 is 0 Å². The first-order chi connectivity index (χ1) is 11.2. The van der Waals surface area contributed by atoms with E-state index in [-0.39, 0.29) is 11.9 Å². The molecule has 1 aliphatic heterocycles. The Morgan fingerprint density at radius 1 is 1.13 bits per heavy atom. The summed E-state index contributed by atoms with van der Waals surface area (Å²) in [7, 11) is 1.63. The van der Waals surface area contributed by atoms with E-state index in [2.05, 4.69) is 4.99 Å². The molecule has 0 aromatic heterocycles. The molecule has 2 aromatic rings. The molecule has 1 amide bonds. The van der Waals surface area contributed by atoms with E-state index in [9.17, 15) is 4.79 Å². The van der Waals surface area contributed by atoms with Crippen LogP contribution in [0.3, 0.4) is 0 Å². The number of thioether (sulfide) groups is 1. The van der Waals surface area contributed by atoms with Gasteiger partial charge >= 0.3 is 0 Å². The third-order valence-electron chi connectivity index (χ3n) is 3.75. The van der Waals surface area contributed by atoms with Gasteiger partial charge in [-0.25, -0.2) is 4.99 Å². The predicted octanol–water partition coefficient (Wildman–Crippen LogP) is 3.37. The summed E-state index contributed by atoms with van der Waals surface area (Å²) in [6.07, 6.45) is 2.56. The van der Waals surface area contributed by atoms with Gasteiger partial charge in [-0.15, -0.1) is 0 Å². The minimum absolute atomic E-state index is 0.0170. The summed E-state index contributed by atoms with van der Waals surface area (Å²) in [6.45, 7) is 0. The van der Waals surface area contributed by atoms with Gasteiger partial charge in [0.15, 0.2) is 5.17 Å². The van der Waals surface area contributed by atoms with Crippen molar-refractivity contribution in [1.29, 1.82) is 0 Å². The fourth-order valence-electron chi connectivity index (χ4n) is 2.57. The van der Waals surface area contributed by atoms with Gasteiger partial charge in [0.05, 0.1) is 12.8 Å². The molecule has 0 spiro atoms. The van der Waals surface area contributed by atoms with Crippen LogP contribution in [0.4, 0.5) is 5.69 Å². The standard InChI is InChI=1S/C18H18N2O2S/c1-22-15-10-8-14(9-11-15)20-17(21)16(19-18(20)23-2)12-13-6-4-3-5-7-13/h3-11,16H,12H2,1-2H3/t16-/m0/s1. The van der Waals surface area contributed by atoms with Gasteiger partial charge in [-0.2, -0.15) is 0 Å². The molecule has 118 valence electrons. The van der Waals surface area contributed by atoms with Crippen LogP contribution in [0.5, 0.6) is 5.75 Å². The van der Waals surface area contributed by atoms with Crippen molar-refractivity contribution in [3.05, 3.63) is 60.2 Å². The number of ether oxygens (including phenoxy) is 1. The van der Waals surface area contributed by atoms with Crippen molar-refractivity contribution < 1.29 is 9.53 Å². The molecule has 0 N–H and O–H groups in total. The molecule has 0 fully saturated rings. The largest absolute Gasteiger partial charge is 0.497 e. The Kier molecular flexibility index (Phi) is 4.67. The highest BCUT2D eigenvalue weighted by Crippen LogP contribution is 2.28. The van der Waals surface area contributed by atoms with E-state index >= 15 is 0 Å². The van der Waals surface area contributed by atoms with Crippen molar-refractivity contribution >= 4 is 28.5 Å². The van der Waals surface area contributed by atoms with E-state index in [4.69, 9.17) is 4.74 Å². The molecule has 1 atom stereocenters. The zero-order valence-electron chi connectivity index (χ0n) is 13.1. The number of amides is 1. The molecule has 0 saturated carbocycles. The average molecular weight is 326 g/mol. The minimum atomic E-state index is -0.359. The molecular formula is C18H18N2O2S. The van der Waals surface area contributed by atoms with E-state index in [0.29, 0.717) is 6.42 Å². The van der Waals surface area contributed by atoms with Crippen molar-refractivity contribution in [2.24, 2.45) is 4.99 Å². The summed E-state index contributed by atoms with van der Waals surface area (Å²) in [5, 5.41) is 0.737. The van der Waals surface area contributed by atoms with Crippen LogP contribution < -0.4 is 9.64 Å². The second kappa shape index (κ2) is 6.87. The predicted molar refractivity (Wildman–Crippen MR) is 95.4 cm³/mol. The molecule has 0 unspecified atom stereocenters. The van der Waals surface area contributed by atoms with Gasteiger partial charge in [-0.3, -0.25) is 9.69 Å². The maximum atomic E-state index is 12.8. The van der Waals surface area contributed by atoms with E-state index in [1.54, 1.807) is 12.0 Å². The number of benzene rings is 2. The van der Waals surface area contributed by atoms with Crippen LogP contribution in [0, 0.1) is 0 Å². The number of rotatable bonds is 4. The van der Waals surface area contributed by atoms with Gasteiger partial charge < -0.3 is 4.74 Å². The molecule has 23 heavy (non-hydrogen) atoms. The average Bonchev–Trinajstić information content (AvgIpc) is 2.92. The van der Waals surface area contributed by atoms with Crippen molar-refractivity contribution in [1.82, 2.24) is 0 Å². The molecule has 0 saturated heterocycles. The smallest absolute Gasteiger partial charge is 0.258 e. The number of carbonyl (C=O) groups excluding carboxylic acids is 1. The van der Waals surface area contributed by atoms with Gasteiger partial charge in [-0.1, -0.05) is 42.1 Å². The number of hydrogen-bond acceptors (Lipinski definition) is 4. The monoisotopic (exact) mass is 326 g/mol. The van der Waals surface area contributed by atoms with Crippen molar-refractivity contribution in [2.45, 2.75) is 12.5 Å². The number of aliphatic imine (C=N–C) groups is 1. The number of carbonyl (C=O) groups is 1. The van der Waals surface area contributed by atoms with Gasteiger partial charge in [0.2, 0.25) is 0 Å². The first-order valence-electron chi connectivity index (χ1n) is 7.36. The summed E-state index contributed by atoms with van der Waals surface area (Å²) >= 11 is 1.49. The molecular weight excluding hydrogens is 308 g/mol. The Hall–Kier alpha value is -2.27. The summed E-state index contributed by atoms with van der Waals surface area (Å²) in [5.41, 5.74) is 1.94. The molecule has 3 rings (SSSR count). The Labute approximate surface area is 140 Å². The fourth-order valence-corrected chi connectivity index (χ4v) is 3.18. The highest BCUT2D eigenvalue weighted by atomic mass is 32.2. The maximum absolute atomic E-state index is 12.8. The first kappa shape index (κ1) is 15.6. The summed E-state index contributed by atoms with van der Waals surface area (Å²) < 4.78 is 5.17. The Bertz CT molecular complexity index is 714. The maximum Gasteiger partial charge on any atom is 0.258 e. The third-order valence-corrected chi connectivity index (χ3v) is 4.40. The molecule has 1 heterocycles. The normalized spacial score (nSPS) is 17.3. The molecule has 0 radical (unpaired) electrons. The number of hydrogen-bond donors (Lipinski definition) is 0. The number of nitrogens with zero attached hydrogens (tertiary/aromatic N) is 2. The highest BCUT2D eigenvalue weighted by Gasteiger charge is 2.35. The van der Waals surface area contributed by atoms with E-state index in [1.165, 1.54) is 11.8 Å². The Balaban J connectivity index is 1.84. The van der Waals surface area contributed by atoms with Crippen LogP contribution in [0.1, 0.15) is 5.56 Å². The SMILES string of the molecule is COc1ccc(N2C(=O)[C@H](Cc3ccccc3)N=C2SC)cc1. The highest BCUT2D eigenvalue weighted by molar-refractivity contribution is 8.13. The molecule has 0 bridgehead atoms. The lowest BCUT2D eigenvalue weighted by molar-refractivity contribution is -0.118. The van der Waals surface area contributed by atoms with Crippen LogP contribution in [-0.2, 0) is 11.2 Å². The van der Waals surface area contributed by atoms with E-state index in [1.807, 2.05) is 60.9 Å². The lowest BCUT2D eigenvalue weighted by atomic mass is 10.1. The van der Waals surface area contributed by atoms with Crippen molar-refractivity contribution in [2.75, 3.05) is 18.3 Å². The second-order valence-corrected chi connectivity index (χ2v) is 5.97. The van der Waals surface area contributed by atoms with Crippen LogP contribution in [-0.4, -0.2) is 30.5 Å². The molecule has 2 aromatic carbocycles. The summed E-state index contributed by atoms with van der Waals surface area (Å²) in [6, 6.07) is 17.1. The second-order valence-electron chi connectivity index (χ2n) is 5.19. The molecule has 4 nitrogen and oxygen atoms in total. The number of amidine groups is 1. The van der Waals surface area contributed by atoms with Crippen molar-refractivity contribution in [3.63, 3.8) is 0 Å². The molecule has 0 aliphatic carbocycles. The Morgan fingerprint density at radius 2 is 1.83 bits per heavy atom. The summed E-state index contributed by atoms with van der Waals surface area (Å²) in [4.78, 5) is 19.1. The van der Waals surface area contributed by atoms with E-state index in [0.717, 1.165) is 22.2 Å². The lowest BCUT2D eigenvalue weighted by Gasteiger charge is -2.18. The van der Waals surface area contributed by atoms with Crippen LogP contribution in [0.25, 0.3) is 0 Å². The minimum Gasteiger partial charge on any atom is -0.497 e. The zero-order valence-corrected chi connectivity index (χ0v) is 13.9. The first-order valence-corrected chi connectivity index (χ1v) is 8.59. The van der Waals surface area contributed by atoms with Gasteiger partial charge in [0.1, 0.15) is 11.8 Å². The fraction of sp³-hybridized carbons (Fsp3) is 0.222. The van der Waals surface area contributed by atoms with Crippen LogP contribution in [0.15, 0.2) is 59.6 Å². The summed E-state index contributed by atoms with van der Waals surface area (Å²) in [5.74, 6) is 0.784. The number of methoxy groups -OCH3 is 1. The van der Waals surface area contributed by atoms with Gasteiger partial charge in [0, 0.05) is 6.42 Å². The third kappa shape index (κ3) is 3.24. The van der Waals surface area contributed by atoms with Crippen LogP contribution >= 0.6 is 11.8 Å². The van der Waals surface area contributed by atoms with Crippen LogP contribution in [0.2, 0.25) is 0 Å². The number of anilines is 1. The topological polar surface area (TPSA) is 41.9 Å². The molecule has 5 heteroatoms. The van der Waals surface area contributed by atoms with Gasteiger partial charge in [0.25, 0.3) is 5.91 Å². The van der Waals surface area contributed by atoms with Gasteiger partial charge in [-0.05, 0) is 36.1 Å².